The number of thioether (sulfide) groups is 1. The molecular weight excluding hydrogens is 448 g/mol. The van der Waals surface area contributed by atoms with Crippen LogP contribution in [0.3, 0.4) is 0 Å². The highest BCUT2D eigenvalue weighted by molar-refractivity contribution is 9.10. The first-order chi connectivity index (χ1) is 14.1. The molecule has 0 atom stereocenters. The molecule has 2 fully saturated rings. The van der Waals surface area contributed by atoms with Crippen molar-refractivity contribution in [2.24, 2.45) is 0 Å². The highest BCUT2D eigenvalue weighted by Gasteiger charge is 2.46. The molecule has 3 rings (SSSR count). The van der Waals surface area contributed by atoms with Gasteiger partial charge >= 0.3 is 0 Å². The minimum absolute atomic E-state index is 0.120. The molecule has 6 heteroatoms. The van der Waals surface area contributed by atoms with Crippen LogP contribution in [-0.4, -0.2) is 51.9 Å². The summed E-state index contributed by atoms with van der Waals surface area (Å²) in [6.45, 7) is 4.56. The molecular formula is C23H33BrN2O2S. The molecule has 1 spiro atoms. The molecule has 0 saturated carbocycles. The van der Waals surface area contributed by atoms with Crippen LogP contribution in [0.2, 0.25) is 0 Å². The molecule has 0 unspecified atom stereocenters. The average Bonchev–Trinajstić information content (AvgIpc) is 3.14. The van der Waals surface area contributed by atoms with Crippen LogP contribution in [0.15, 0.2) is 28.7 Å². The Balaban J connectivity index is 1.49. The number of piperidine rings is 1. The lowest BCUT2D eigenvalue weighted by atomic mass is 10.00. The second-order valence-corrected chi connectivity index (χ2v) is 10.5. The van der Waals surface area contributed by atoms with E-state index in [2.05, 4.69) is 27.8 Å². The largest absolute Gasteiger partial charge is 0.342 e. The number of unbranched alkanes of at least 4 members (excludes halogenated alkanes) is 5. The fraction of sp³-hybridized carbons (Fsp3) is 0.652. The van der Waals surface area contributed by atoms with Crippen molar-refractivity contribution < 1.29 is 9.59 Å². The maximum atomic E-state index is 13.1. The number of hydrogen-bond acceptors (Lipinski definition) is 3. The van der Waals surface area contributed by atoms with Crippen LogP contribution in [0.5, 0.6) is 0 Å². The SMILES string of the molecule is CCCCCCCCC(=O)N1CCC2(CC1)SCCN2C(=O)c1ccc(Br)cc1. The molecule has 2 amide bonds. The first-order valence-corrected chi connectivity index (χ1v) is 12.8. The topological polar surface area (TPSA) is 40.6 Å². The van der Waals surface area contributed by atoms with Crippen molar-refractivity contribution in [2.75, 3.05) is 25.4 Å². The fourth-order valence-electron chi connectivity index (χ4n) is 4.38. The van der Waals surface area contributed by atoms with Gasteiger partial charge in [0.15, 0.2) is 0 Å². The Morgan fingerprint density at radius 1 is 1.00 bits per heavy atom. The lowest BCUT2D eigenvalue weighted by Gasteiger charge is -2.44. The van der Waals surface area contributed by atoms with Crippen molar-refractivity contribution in [3.63, 3.8) is 0 Å². The van der Waals surface area contributed by atoms with E-state index in [1.165, 1.54) is 25.7 Å². The van der Waals surface area contributed by atoms with Crippen LogP contribution in [0.25, 0.3) is 0 Å². The van der Waals surface area contributed by atoms with Gasteiger partial charge in [-0.1, -0.05) is 55.0 Å². The van der Waals surface area contributed by atoms with Crippen LogP contribution in [0.1, 0.15) is 75.1 Å². The Morgan fingerprint density at radius 2 is 1.66 bits per heavy atom. The maximum Gasteiger partial charge on any atom is 0.254 e. The highest BCUT2D eigenvalue weighted by atomic mass is 79.9. The fourth-order valence-corrected chi connectivity index (χ4v) is 6.10. The van der Waals surface area contributed by atoms with E-state index < -0.39 is 0 Å². The lowest BCUT2D eigenvalue weighted by Crippen LogP contribution is -2.53. The summed E-state index contributed by atoms with van der Waals surface area (Å²) in [6, 6.07) is 7.63. The van der Waals surface area contributed by atoms with E-state index >= 15 is 0 Å². The Hall–Kier alpha value is -1.01. The Morgan fingerprint density at radius 3 is 2.34 bits per heavy atom. The van der Waals surface area contributed by atoms with Crippen molar-refractivity contribution in [2.45, 2.75) is 69.6 Å². The molecule has 0 aromatic heterocycles. The predicted octanol–water partition coefficient (Wildman–Crippen LogP) is 5.71. The maximum absolute atomic E-state index is 13.1. The number of hydrogen-bond donors (Lipinski definition) is 0. The molecule has 0 aliphatic carbocycles. The zero-order valence-electron chi connectivity index (χ0n) is 17.5. The van der Waals surface area contributed by atoms with Gasteiger partial charge in [-0.3, -0.25) is 9.59 Å². The van der Waals surface area contributed by atoms with Crippen molar-refractivity contribution in [3.8, 4) is 0 Å². The molecule has 0 N–H and O–H groups in total. The summed E-state index contributed by atoms with van der Waals surface area (Å²) in [7, 11) is 0. The molecule has 29 heavy (non-hydrogen) atoms. The third-order valence-electron chi connectivity index (χ3n) is 6.16. The number of amides is 2. The molecule has 2 saturated heterocycles. The normalized spacial score (nSPS) is 18.4. The lowest BCUT2D eigenvalue weighted by molar-refractivity contribution is -0.132. The minimum atomic E-state index is -0.138. The summed E-state index contributed by atoms with van der Waals surface area (Å²) < 4.78 is 0.983. The van der Waals surface area contributed by atoms with Gasteiger partial charge in [-0.25, -0.2) is 0 Å². The van der Waals surface area contributed by atoms with E-state index in [1.54, 1.807) is 0 Å². The molecule has 1 aromatic rings. The van der Waals surface area contributed by atoms with Gasteiger partial charge in [0, 0.05) is 41.8 Å². The van der Waals surface area contributed by atoms with Crippen molar-refractivity contribution >= 4 is 39.5 Å². The number of likely N-dealkylation sites (tertiary alicyclic amines) is 1. The van der Waals surface area contributed by atoms with Gasteiger partial charge in [0.2, 0.25) is 5.91 Å². The first kappa shape index (κ1) is 22.7. The quantitative estimate of drug-likeness (QED) is 0.447. The summed E-state index contributed by atoms with van der Waals surface area (Å²) >= 11 is 5.34. The Labute approximate surface area is 187 Å². The number of benzene rings is 1. The Kier molecular flexibility index (Phi) is 8.48. The van der Waals surface area contributed by atoms with E-state index in [4.69, 9.17) is 0 Å². The first-order valence-electron chi connectivity index (χ1n) is 11.0. The molecule has 2 aliphatic rings. The molecule has 4 nitrogen and oxygen atoms in total. The van der Waals surface area contributed by atoms with Gasteiger partial charge in [0.05, 0.1) is 4.87 Å². The van der Waals surface area contributed by atoms with E-state index in [1.807, 2.05) is 40.9 Å². The van der Waals surface area contributed by atoms with E-state index in [9.17, 15) is 9.59 Å². The van der Waals surface area contributed by atoms with Crippen molar-refractivity contribution in [1.29, 1.82) is 0 Å². The molecule has 2 aliphatic heterocycles. The van der Waals surface area contributed by atoms with Crippen LogP contribution >= 0.6 is 27.7 Å². The Bertz CT molecular complexity index is 687. The minimum Gasteiger partial charge on any atom is -0.342 e. The number of nitrogens with zero attached hydrogens (tertiary/aromatic N) is 2. The summed E-state index contributed by atoms with van der Waals surface area (Å²) in [6.07, 6.45) is 9.69. The summed E-state index contributed by atoms with van der Waals surface area (Å²) in [5.74, 6) is 1.40. The monoisotopic (exact) mass is 480 g/mol. The van der Waals surface area contributed by atoms with Crippen LogP contribution in [0.4, 0.5) is 0 Å². The average molecular weight is 482 g/mol. The van der Waals surface area contributed by atoms with Crippen molar-refractivity contribution in [3.05, 3.63) is 34.3 Å². The zero-order valence-corrected chi connectivity index (χ0v) is 19.9. The third kappa shape index (κ3) is 5.78. The van der Waals surface area contributed by atoms with Gasteiger partial charge in [-0.05, 0) is 43.5 Å². The van der Waals surface area contributed by atoms with Crippen molar-refractivity contribution in [1.82, 2.24) is 9.80 Å². The van der Waals surface area contributed by atoms with Gasteiger partial charge in [-0.2, -0.15) is 0 Å². The van der Waals surface area contributed by atoms with E-state index in [-0.39, 0.29) is 10.8 Å². The number of rotatable bonds is 8. The van der Waals surface area contributed by atoms with E-state index in [0.717, 1.165) is 61.1 Å². The summed E-state index contributed by atoms with van der Waals surface area (Å²) in [4.78, 5) is 29.7. The third-order valence-corrected chi connectivity index (χ3v) is 8.24. The summed E-state index contributed by atoms with van der Waals surface area (Å²) in [5.41, 5.74) is 0.747. The molecule has 0 bridgehead atoms. The molecule has 1 aromatic carbocycles. The summed E-state index contributed by atoms with van der Waals surface area (Å²) in [5, 5.41) is 0. The number of halogens is 1. The van der Waals surface area contributed by atoms with Gasteiger partial charge in [0.1, 0.15) is 0 Å². The highest BCUT2D eigenvalue weighted by Crippen LogP contribution is 2.44. The molecule has 2 heterocycles. The second kappa shape index (κ2) is 10.9. The second-order valence-electron chi connectivity index (χ2n) is 8.16. The molecule has 160 valence electrons. The van der Waals surface area contributed by atoms with Crippen LogP contribution < -0.4 is 0 Å². The smallest absolute Gasteiger partial charge is 0.254 e. The predicted molar refractivity (Wildman–Crippen MR) is 124 cm³/mol. The molecule has 0 radical (unpaired) electrons. The number of carbonyl (C=O) groups excluding carboxylic acids is 2. The van der Waals surface area contributed by atoms with Crippen LogP contribution in [-0.2, 0) is 4.79 Å². The van der Waals surface area contributed by atoms with Crippen LogP contribution in [0, 0.1) is 0 Å². The van der Waals surface area contributed by atoms with E-state index in [0.29, 0.717) is 12.3 Å². The van der Waals surface area contributed by atoms with Gasteiger partial charge < -0.3 is 9.80 Å². The zero-order chi connectivity index (χ0) is 20.7. The van der Waals surface area contributed by atoms with Gasteiger partial charge in [0.25, 0.3) is 5.91 Å². The number of carbonyl (C=O) groups is 2. The van der Waals surface area contributed by atoms with Gasteiger partial charge in [-0.15, -0.1) is 11.8 Å². The standard InChI is InChI=1S/C23H33BrN2O2S/c1-2-3-4-5-6-7-8-21(27)25-15-13-23(14-16-25)26(17-18-29-23)22(28)19-9-11-20(24)12-10-19/h9-12H,2-8,13-18H2,1H3.